The van der Waals surface area contributed by atoms with Gasteiger partial charge in [0.15, 0.2) is 0 Å². The maximum Gasteiger partial charge on any atom is 0.147 e. The summed E-state index contributed by atoms with van der Waals surface area (Å²) in [6.07, 6.45) is 7.32. The summed E-state index contributed by atoms with van der Waals surface area (Å²) in [7, 11) is 0. The van der Waals surface area contributed by atoms with Gasteiger partial charge in [0.2, 0.25) is 0 Å². The van der Waals surface area contributed by atoms with E-state index < -0.39 is 0 Å². The van der Waals surface area contributed by atoms with Crippen LogP contribution in [0.5, 0.6) is 0 Å². The van der Waals surface area contributed by atoms with Gasteiger partial charge in [0.1, 0.15) is 11.6 Å². The fraction of sp³-hybridized carbons (Fsp3) is 0.786. The van der Waals surface area contributed by atoms with E-state index in [0.717, 1.165) is 42.0 Å². The Bertz CT molecular complexity index is 436. The maximum atomic E-state index is 5.97. The first-order valence-corrected chi connectivity index (χ1v) is 7.28. The third-order valence-corrected chi connectivity index (χ3v) is 5.64. The Balaban J connectivity index is 1.57. The highest BCUT2D eigenvalue weighted by Crippen LogP contribution is 2.56. The quantitative estimate of drug-likeness (QED) is 0.839. The molecule has 4 aliphatic rings. The molecule has 0 amide bonds. The van der Waals surface area contributed by atoms with Gasteiger partial charge >= 0.3 is 0 Å². The van der Waals surface area contributed by atoms with Gasteiger partial charge in [-0.15, -0.1) is 0 Å². The molecule has 4 bridgehead atoms. The van der Waals surface area contributed by atoms with Crippen molar-refractivity contribution in [3.8, 4) is 0 Å². The highest BCUT2D eigenvalue weighted by atomic mass is 15.3. The largest absolute Gasteiger partial charge is 0.384 e. The Kier molecular flexibility index (Phi) is 2.17. The van der Waals surface area contributed by atoms with Crippen molar-refractivity contribution < 1.29 is 0 Å². The van der Waals surface area contributed by atoms with E-state index >= 15 is 0 Å². The standard InChI is InChI=1S/C14H22N4/c15-13-6-14(16)18(17-13)7-12-10-2-8-1-9(4-10)5-11(12)3-8/h6,8-12H,1-5,7,16H2,(H2,15,17). The summed E-state index contributed by atoms with van der Waals surface area (Å²) in [4.78, 5) is 0. The number of nitrogens with two attached hydrogens (primary N) is 2. The van der Waals surface area contributed by atoms with Crippen LogP contribution in [0.3, 0.4) is 0 Å². The number of hydrogen-bond acceptors (Lipinski definition) is 3. The van der Waals surface area contributed by atoms with Crippen LogP contribution in [0.1, 0.15) is 32.1 Å². The molecule has 0 aliphatic heterocycles. The molecule has 4 nitrogen and oxygen atoms in total. The fourth-order valence-corrected chi connectivity index (χ4v) is 5.13. The second-order valence-corrected chi connectivity index (χ2v) is 6.77. The van der Waals surface area contributed by atoms with Crippen molar-refractivity contribution in [1.82, 2.24) is 9.78 Å². The monoisotopic (exact) mass is 246 g/mol. The highest BCUT2D eigenvalue weighted by molar-refractivity contribution is 5.41. The second-order valence-electron chi connectivity index (χ2n) is 6.77. The van der Waals surface area contributed by atoms with Crippen LogP contribution in [-0.4, -0.2) is 9.78 Å². The van der Waals surface area contributed by atoms with Crippen LogP contribution in [0, 0.1) is 29.6 Å². The molecule has 4 heteroatoms. The van der Waals surface area contributed by atoms with E-state index in [1.807, 2.05) is 4.68 Å². The van der Waals surface area contributed by atoms with Gasteiger partial charge in [-0.1, -0.05) is 0 Å². The summed E-state index contributed by atoms with van der Waals surface area (Å²) in [6, 6.07) is 1.77. The molecule has 1 heterocycles. The lowest BCUT2D eigenvalue weighted by atomic mass is 9.52. The molecular formula is C14H22N4. The van der Waals surface area contributed by atoms with E-state index in [1.165, 1.54) is 32.1 Å². The van der Waals surface area contributed by atoms with Gasteiger partial charge < -0.3 is 11.5 Å². The van der Waals surface area contributed by atoms with Crippen LogP contribution >= 0.6 is 0 Å². The number of hydrogen-bond donors (Lipinski definition) is 2. The van der Waals surface area contributed by atoms with Crippen LogP contribution in [0.4, 0.5) is 11.6 Å². The molecule has 98 valence electrons. The molecular weight excluding hydrogens is 224 g/mol. The highest BCUT2D eigenvalue weighted by Gasteiger charge is 2.48. The Morgan fingerprint density at radius 2 is 1.67 bits per heavy atom. The van der Waals surface area contributed by atoms with Gasteiger partial charge in [0, 0.05) is 12.6 Å². The van der Waals surface area contributed by atoms with E-state index in [9.17, 15) is 0 Å². The average molecular weight is 246 g/mol. The minimum absolute atomic E-state index is 0.552. The molecule has 4 fully saturated rings. The smallest absolute Gasteiger partial charge is 0.147 e. The van der Waals surface area contributed by atoms with Crippen molar-refractivity contribution in [2.45, 2.75) is 38.6 Å². The summed E-state index contributed by atoms with van der Waals surface area (Å²) >= 11 is 0. The third-order valence-electron chi connectivity index (χ3n) is 5.64. The van der Waals surface area contributed by atoms with Gasteiger partial charge in [-0.05, 0) is 61.7 Å². The van der Waals surface area contributed by atoms with Crippen molar-refractivity contribution in [3.63, 3.8) is 0 Å². The molecule has 1 aromatic rings. The molecule has 5 rings (SSSR count). The summed E-state index contributed by atoms with van der Waals surface area (Å²) in [5.41, 5.74) is 11.7. The molecule has 18 heavy (non-hydrogen) atoms. The second kappa shape index (κ2) is 3.65. The molecule has 0 spiro atoms. The number of nitrogens with zero attached hydrogens (tertiary/aromatic N) is 2. The van der Waals surface area contributed by atoms with Gasteiger partial charge in [0.25, 0.3) is 0 Å². The molecule has 0 radical (unpaired) electrons. The van der Waals surface area contributed by atoms with Crippen molar-refractivity contribution in [2.75, 3.05) is 11.5 Å². The summed E-state index contributed by atoms with van der Waals surface area (Å²) in [5.74, 6) is 5.97. The zero-order valence-corrected chi connectivity index (χ0v) is 10.8. The molecule has 0 saturated heterocycles. The van der Waals surface area contributed by atoms with Gasteiger partial charge in [0.05, 0.1) is 0 Å². The van der Waals surface area contributed by atoms with Gasteiger partial charge in [-0.3, -0.25) is 0 Å². The van der Waals surface area contributed by atoms with Crippen molar-refractivity contribution in [1.29, 1.82) is 0 Å². The van der Waals surface area contributed by atoms with Crippen LogP contribution in [0.2, 0.25) is 0 Å². The first-order valence-electron chi connectivity index (χ1n) is 7.28. The van der Waals surface area contributed by atoms with Gasteiger partial charge in [-0.2, -0.15) is 5.10 Å². The number of rotatable bonds is 2. The molecule has 1 aromatic heterocycles. The van der Waals surface area contributed by atoms with Crippen LogP contribution in [-0.2, 0) is 6.54 Å². The fourth-order valence-electron chi connectivity index (χ4n) is 5.13. The Morgan fingerprint density at radius 1 is 1.06 bits per heavy atom. The SMILES string of the molecule is Nc1cc(N)n(CC2C3CC4CC(C3)CC2C4)n1. The summed E-state index contributed by atoms with van der Waals surface area (Å²) in [6.45, 7) is 0.984. The lowest BCUT2D eigenvalue weighted by Gasteiger charge is -2.54. The van der Waals surface area contributed by atoms with E-state index in [-0.39, 0.29) is 0 Å². The topological polar surface area (TPSA) is 69.9 Å². The van der Waals surface area contributed by atoms with E-state index in [4.69, 9.17) is 11.5 Å². The Hall–Kier alpha value is -1.19. The lowest BCUT2D eigenvalue weighted by Crippen LogP contribution is -2.46. The first kappa shape index (κ1) is 10.7. The van der Waals surface area contributed by atoms with Crippen LogP contribution < -0.4 is 11.5 Å². The average Bonchev–Trinajstić information content (AvgIpc) is 2.61. The molecule has 4 N–H and O–H groups in total. The van der Waals surface area contributed by atoms with Gasteiger partial charge in [-0.25, -0.2) is 4.68 Å². The number of nitrogen functional groups attached to an aromatic ring is 2. The predicted molar refractivity (Wildman–Crippen MR) is 71.6 cm³/mol. The minimum Gasteiger partial charge on any atom is -0.384 e. The maximum absolute atomic E-state index is 5.97. The third kappa shape index (κ3) is 1.54. The first-order chi connectivity index (χ1) is 8.69. The van der Waals surface area contributed by atoms with E-state index in [0.29, 0.717) is 5.82 Å². The molecule has 0 atom stereocenters. The number of aromatic nitrogens is 2. The minimum atomic E-state index is 0.552. The Labute approximate surface area is 108 Å². The van der Waals surface area contributed by atoms with E-state index in [2.05, 4.69) is 5.10 Å². The molecule has 0 aromatic carbocycles. The predicted octanol–water partition coefficient (Wildman–Crippen LogP) is 2.12. The van der Waals surface area contributed by atoms with Crippen molar-refractivity contribution in [3.05, 3.63) is 6.07 Å². The van der Waals surface area contributed by atoms with Crippen molar-refractivity contribution in [2.24, 2.45) is 29.6 Å². The lowest BCUT2D eigenvalue weighted by molar-refractivity contribution is -0.0439. The van der Waals surface area contributed by atoms with Crippen LogP contribution in [0.25, 0.3) is 0 Å². The Morgan fingerprint density at radius 3 is 2.17 bits per heavy atom. The van der Waals surface area contributed by atoms with E-state index in [1.54, 1.807) is 6.07 Å². The molecule has 4 saturated carbocycles. The summed E-state index contributed by atoms with van der Waals surface area (Å²) < 4.78 is 1.93. The molecule has 4 aliphatic carbocycles. The zero-order valence-electron chi connectivity index (χ0n) is 10.8. The van der Waals surface area contributed by atoms with Crippen LogP contribution in [0.15, 0.2) is 6.07 Å². The normalized spacial score (nSPS) is 41.4. The molecule has 0 unspecified atom stereocenters. The zero-order chi connectivity index (χ0) is 12.3. The number of anilines is 2. The summed E-state index contributed by atoms with van der Waals surface area (Å²) in [5, 5.41) is 4.33. The van der Waals surface area contributed by atoms with Crippen molar-refractivity contribution >= 4 is 11.6 Å².